The van der Waals surface area contributed by atoms with Crippen molar-refractivity contribution in [3.63, 3.8) is 0 Å². The van der Waals surface area contributed by atoms with E-state index >= 15 is 0 Å². The van der Waals surface area contributed by atoms with Gasteiger partial charge in [0.05, 0.1) is 28.9 Å². The molecule has 12 heteroatoms. The van der Waals surface area contributed by atoms with Crippen molar-refractivity contribution in [2.24, 2.45) is 0 Å². The Kier molecular flexibility index (Phi) is 5.89. The van der Waals surface area contributed by atoms with E-state index in [1.165, 1.54) is 4.52 Å². The van der Waals surface area contributed by atoms with E-state index in [4.69, 9.17) is 0 Å². The first-order valence-electron chi connectivity index (χ1n) is 9.97. The van der Waals surface area contributed by atoms with Crippen LogP contribution in [-0.2, 0) is 6.18 Å². The first kappa shape index (κ1) is 22.2. The molecule has 2 aromatic heterocycles. The van der Waals surface area contributed by atoms with Crippen molar-refractivity contribution in [2.45, 2.75) is 57.5 Å². The maximum atomic E-state index is 13.1. The van der Waals surface area contributed by atoms with Crippen molar-refractivity contribution >= 4 is 11.5 Å². The van der Waals surface area contributed by atoms with Crippen LogP contribution >= 0.6 is 0 Å². The lowest BCUT2D eigenvalue weighted by atomic mass is 9.93. The minimum Gasteiger partial charge on any atom is -0.434 e. The van der Waals surface area contributed by atoms with Gasteiger partial charge in [-0.2, -0.15) is 31.6 Å². The average molecular weight is 457 g/mol. The molecule has 1 aliphatic carbocycles. The third-order valence-electron chi connectivity index (χ3n) is 5.34. The Morgan fingerprint density at radius 3 is 2.59 bits per heavy atom. The highest BCUT2D eigenvalue weighted by Gasteiger charge is 2.32. The Bertz CT molecular complexity index is 1120. The van der Waals surface area contributed by atoms with Crippen LogP contribution in [0.2, 0.25) is 0 Å². The van der Waals surface area contributed by atoms with E-state index in [0.29, 0.717) is 23.7 Å². The van der Waals surface area contributed by atoms with Crippen LogP contribution < -0.4 is 10.1 Å². The normalized spacial score (nSPS) is 19.5. The summed E-state index contributed by atoms with van der Waals surface area (Å²) < 4.78 is 70.9. The van der Waals surface area contributed by atoms with Gasteiger partial charge in [-0.15, -0.1) is 10.2 Å². The van der Waals surface area contributed by atoms with E-state index in [0.717, 1.165) is 31.4 Å². The molecule has 0 bridgehead atoms. The number of nitrogens with one attached hydrogen (secondary N) is 1. The zero-order valence-corrected chi connectivity index (χ0v) is 16.9. The third-order valence-corrected chi connectivity index (χ3v) is 5.34. The van der Waals surface area contributed by atoms with Gasteiger partial charge < -0.3 is 15.2 Å². The summed E-state index contributed by atoms with van der Waals surface area (Å²) in [5, 5.41) is 25.8. The van der Waals surface area contributed by atoms with E-state index in [1.54, 1.807) is 13.0 Å². The molecule has 4 rings (SSSR count). The number of aromatic nitrogens is 4. The summed E-state index contributed by atoms with van der Waals surface area (Å²) in [6, 6.07) is 3.63. The largest absolute Gasteiger partial charge is 0.434 e. The fourth-order valence-corrected chi connectivity index (χ4v) is 3.84. The monoisotopic (exact) mass is 457 g/mol. The number of hydrogen-bond acceptors (Lipinski definition) is 6. The lowest BCUT2D eigenvalue weighted by Gasteiger charge is -2.28. The van der Waals surface area contributed by atoms with Gasteiger partial charge in [0, 0.05) is 5.56 Å². The number of benzene rings is 1. The minimum atomic E-state index is -4.73. The van der Waals surface area contributed by atoms with Gasteiger partial charge in [0.2, 0.25) is 5.95 Å². The number of hydrogen-bond donors (Lipinski definition) is 2. The van der Waals surface area contributed by atoms with E-state index in [1.807, 2.05) is 0 Å². The lowest BCUT2D eigenvalue weighted by Crippen LogP contribution is -2.37. The summed E-state index contributed by atoms with van der Waals surface area (Å²) in [5.41, 5.74) is -0.291. The van der Waals surface area contributed by atoms with Gasteiger partial charge in [-0.05, 0) is 44.0 Å². The standard InChI is InChI=1S/C20H20F5N5O2/c1-10-8-14-17(12-7-6-11(20(23,24)25)9-16(12)32-18(21)22)27-28-19(30(14)29-10)26-13-4-2-3-5-15(13)31/h6-9,13,15,18,31H,2-5H2,1H3,(H,26,28)/t13-,15-/m1/s1. The summed E-state index contributed by atoms with van der Waals surface area (Å²) >= 11 is 0. The molecule has 0 aliphatic heterocycles. The smallest absolute Gasteiger partial charge is 0.416 e. The third kappa shape index (κ3) is 4.45. The number of ether oxygens (including phenoxy) is 1. The Hall–Kier alpha value is -3.02. The van der Waals surface area contributed by atoms with Crippen LogP contribution in [-0.4, -0.2) is 43.7 Å². The second-order valence-electron chi connectivity index (χ2n) is 7.64. The van der Waals surface area contributed by atoms with Crippen molar-refractivity contribution in [1.29, 1.82) is 0 Å². The molecule has 2 N–H and O–H groups in total. The minimum absolute atomic E-state index is 0.0321. The van der Waals surface area contributed by atoms with Crippen LogP contribution in [0.5, 0.6) is 5.75 Å². The Morgan fingerprint density at radius 2 is 1.91 bits per heavy atom. The van der Waals surface area contributed by atoms with Crippen LogP contribution in [0.15, 0.2) is 24.3 Å². The van der Waals surface area contributed by atoms with Gasteiger partial charge in [0.1, 0.15) is 11.4 Å². The van der Waals surface area contributed by atoms with Crippen molar-refractivity contribution in [3.05, 3.63) is 35.5 Å². The molecule has 0 unspecified atom stereocenters. The molecule has 1 saturated carbocycles. The SMILES string of the molecule is Cc1cc2c(-c3ccc(C(F)(F)F)cc3OC(F)F)nnc(N[C@@H]3CCCC[C@H]3O)n2n1. The number of alkyl halides is 5. The van der Waals surface area contributed by atoms with Crippen molar-refractivity contribution in [3.8, 4) is 17.0 Å². The van der Waals surface area contributed by atoms with Gasteiger partial charge in [-0.1, -0.05) is 12.8 Å². The second-order valence-corrected chi connectivity index (χ2v) is 7.64. The maximum Gasteiger partial charge on any atom is 0.416 e. The number of anilines is 1. The molecule has 172 valence electrons. The first-order valence-corrected chi connectivity index (χ1v) is 9.97. The molecule has 7 nitrogen and oxygen atoms in total. The topological polar surface area (TPSA) is 84.6 Å². The fourth-order valence-electron chi connectivity index (χ4n) is 3.84. The predicted molar refractivity (Wildman–Crippen MR) is 104 cm³/mol. The highest BCUT2D eigenvalue weighted by Crippen LogP contribution is 2.38. The molecule has 1 aromatic carbocycles. The molecule has 1 aliphatic rings. The first-order chi connectivity index (χ1) is 15.1. The van der Waals surface area contributed by atoms with Gasteiger partial charge >= 0.3 is 12.8 Å². The highest BCUT2D eigenvalue weighted by atomic mass is 19.4. The van der Waals surface area contributed by atoms with Crippen LogP contribution in [0.4, 0.5) is 27.9 Å². The number of halogens is 5. The van der Waals surface area contributed by atoms with E-state index in [9.17, 15) is 27.1 Å². The molecular weight excluding hydrogens is 437 g/mol. The highest BCUT2D eigenvalue weighted by molar-refractivity contribution is 5.81. The zero-order valence-electron chi connectivity index (χ0n) is 16.9. The lowest BCUT2D eigenvalue weighted by molar-refractivity contribution is -0.138. The van der Waals surface area contributed by atoms with E-state index in [-0.39, 0.29) is 23.2 Å². The van der Waals surface area contributed by atoms with E-state index in [2.05, 4.69) is 25.3 Å². The molecule has 2 atom stereocenters. The fraction of sp³-hybridized carbons (Fsp3) is 0.450. The Balaban J connectivity index is 1.80. The molecule has 0 amide bonds. The van der Waals surface area contributed by atoms with Crippen LogP contribution in [0.3, 0.4) is 0 Å². The van der Waals surface area contributed by atoms with Gasteiger partial charge in [0.15, 0.2) is 0 Å². The number of fused-ring (bicyclic) bond motifs is 1. The predicted octanol–water partition coefficient (Wildman–Crippen LogP) is 4.44. The quantitative estimate of drug-likeness (QED) is 0.552. The molecule has 0 radical (unpaired) electrons. The van der Waals surface area contributed by atoms with Gasteiger partial charge in [0.25, 0.3) is 0 Å². The molecule has 2 heterocycles. The average Bonchev–Trinajstić information content (AvgIpc) is 3.11. The number of aliphatic hydroxyl groups is 1. The summed E-state index contributed by atoms with van der Waals surface area (Å²) in [6.07, 6.45) is -2.09. The van der Waals surface area contributed by atoms with Crippen molar-refractivity contribution in [2.75, 3.05) is 5.32 Å². The molecule has 0 spiro atoms. The number of aryl methyl sites for hydroxylation is 1. The van der Waals surface area contributed by atoms with Gasteiger partial charge in [-0.25, -0.2) is 0 Å². The van der Waals surface area contributed by atoms with Gasteiger partial charge in [-0.3, -0.25) is 0 Å². The summed E-state index contributed by atoms with van der Waals surface area (Å²) in [5.74, 6) is -0.445. The number of rotatable bonds is 5. The zero-order chi connectivity index (χ0) is 23.0. The van der Waals surface area contributed by atoms with Crippen LogP contribution in [0.25, 0.3) is 16.8 Å². The number of aliphatic hydroxyl groups excluding tert-OH is 1. The molecule has 1 fully saturated rings. The summed E-state index contributed by atoms with van der Waals surface area (Å²) in [6.45, 7) is -1.64. The van der Waals surface area contributed by atoms with Crippen molar-refractivity contribution < 1.29 is 31.8 Å². The van der Waals surface area contributed by atoms with Crippen LogP contribution in [0.1, 0.15) is 36.9 Å². The van der Waals surface area contributed by atoms with E-state index < -0.39 is 30.2 Å². The maximum absolute atomic E-state index is 13.1. The Morgan fingerprint density at radius 1 is 1.16 bits per heavy atom. The summed E-state index contributed by atoms with van der Waals surface area (Å²) in [7, 11) is 0. The second kappa shape index (κ2) is 8.49. The van der Waals surface area contributed by atoms with Crippen molar-refractivity contribution in [1.82, 2.24) is 19.8 Å². The number of nitrogens with zero attached hydrogens (tertiary/aromatic N) is 4. The molecule has 0 saturated heterocycles. The summed E-state index contributed by atoms with van der Waals surface area (Å²) in [4.78, 5) is 0. The molecular formula is C20H20F5N5O2. The molecule has 3 aromatic rings. The Labute approximate surface area is 179 Å². The molecule has 32 heavy (non-hydrogen) atoms. The van der Waals surface area contributed by atoms with Crippen LogP contribution in [0, 0.1) is 6.92 Å².